The Bertz CT molecular complexity index is 1110. The van der Waals surface area contributed by atoms with Gasteiger partial charge in [0.05, 0.1) is 12.0 Å². The molecular weight excluding hydrogens is 408 g/mol. The van der Waals surface area contributed by atoms with Crippen molar-refractivity contribution < 1.29 is 19.2 Å². The summed E-state index contributed by atoms with van der Waals surface area (Å²) in [5, 5.41) is 11.4. The molecule has 1 saturated heterocycles. The maximum Gasteiger partial charge on any atom is 0.350 e. The summed E-state index contributed by atoms with van der Waals surface area (Å²) in [5.74, 6) is 0.774. The van der Waals surface area contributed by atoms with Gasteiger partial charge in [0.1, 0.15) is 17.1 Å². The molecule has 2 aliphatic rings. The number of nitro benzene ring substituents is 1. The van der Waals surface area contributed by atoms with Gasteiger partial charge in [-0.05, 0) is 69.1 Å². The van der Waals surface area contributed by atoms with E-state index in [9.17, 15) is 14.9 Å². The van der Waals surface area contributed by atoms with Crippen molar-refractivity contribution in [1.29, 1.82) is 0 Å². The van der Waals surface area contributed by atoms with Gasteiger partial charge in [-0.1, -0.05) is 24.3 Å². The standard InChI is InChI=1S/C25H28N2O5/c1-16-6-5-7-20(27(29)30)23(16)24(28)32-19-10-11-25(12-13-26(3)22(25)15-19)18-8-9-21(31-4)17(2)14-18/h5-10,14,22H,11-13,15H2,1-4H3/t22-,25-/m0/s1. The highest BCUT2D eigenvalue weighted by Crippen LogP contribution is 2.48. The van der Waals surface area contributed by atoms with E-state index in [2.05, 4.69) is 24.1 Å². The number of likely N-dealkylation sites (N-methyl/N-ethyl adjacent to an activating group) is 1. The smallest absolute Gasteiger partial charge is 0.350 e. The first-order valence-corrected chi connectivity index (χ1v) is 10.8. The summed E-state index contributed by atoms with van der Waals surface area (Å²) in [7, 11) is 3.77. The van der Waals surface area contributed by atoms with Crippen molar-refractivity contribution in [1.82, 2.24) is 4.90 Å². The van der Waals surface area contributed by atoms with Gasteiger partial charge in [-0.25, -0.2) is 4.79 Å². The number of carbonyl (C=O) groups excluding carboxylic acids is 1. The molecule has 0 radical (unpaired) electrons. The number of nitro groups is 1. The molecular formula is C25H28N2O5. The van der Waals surface area contributed by atoms with Crippen molar-refractivity contribution >= 4 is 11.7 Å². The van der Waals surface area contributed by atoms with Crippen LogP contribution in [0.4, 0.5) is 5.69 Å². The van der Waals surface area contributed by atoms with Crippen molar-refractivity contribution in [3.8, 4) is 5.75 Å². The Labute approximate surface area is 187 Å². The van der Waals surface area contributed by atoms with Crippen LogP contribution in [0.15, 0.2) is 48.2 Å². The van der Waals surface area contributed by atoms with Crippen molar-refractivity contribution in [3.63, 3.8) is 0 Å². The van der Waals surface area contributed by atoms with Crippen LogP contribution in [0.3, 0.4) is 0 Å². The number of aryl methyl sites for hydroxylation is 2. The third kappa shape index (κ3) is 3.66. The van der Waals surface area contributed by atoms with Gasteiger partial charge in [0, 0.05) is 23.9 Å². The largest absolute Gasteiger partial charge is 0.496 e. The number of ether oxygens (including phenoxy) is 2. The minimum Gasteiger partial charge on any atom is -0.496 e. The van der Waals surface area contributed by atoms with E-state index >= 15 is 0 Å². The van der Waals surface area contributed by atoms with Crippen LogP contribution in [0.25, 0.3) is 0 Å². The van der Waals surface area contributed by atoms with Gasteiger partial charge in [-0.15, -0.1) is 0 Å². The maximum absolute atomic E-state index is 12.9. The molecule has 0 bridgehead atoms. The normalized spacial score (nSPS) is 22.8. The number of carbonyl (C=O) groups is 1. The van der Waals surface area contributed by atoms with E-state index in [0.29, 0.717) is 17.7 Å². The number of hydrogen-bond donors (Lipinski definition) is 0. The average molecular weight is 437 g/mol. The van der Waals surface area contributed by atoms with Crippen LogP contribution >= 0.6 is 0 Å². The molecule has 0 unspecified atom stereocenters. The number of rotatable bonds is 5. The molecule has 2 aromatic rings. The summed E-state index contributed by atoms with van der Waals surface area (Å²) in [6.45, 7) is 4.68. The van der Waals surface area contributed by atoms with E-state index in [1.165, 1.54) is 11.6 Å². The zero-order valence-corrected chi connectivity index (χ0v) is 18.9. The molecule has 7 nitrogen and oxygen atoms in total. The van der Waals surface area contributed by atoms with Crippen molar-refractivity contribution in [2.45, 2.75) is 44.6 Å². The molecule has 1 aliphatic heterocycles. The van der Waals surface area contributed by atoms with Gasteiger partial charge in [0.15, 0.2) is 0 Å². The number of benzene rings is 2. The quantitative estimate of drug-likeness (QED) is 0.384. The zero-order valence-electron chi connectivity index (χ0n) is 18.9. The zero-order chi connectivity index (χ0) is 23.0. The maximum atomic E-state index is 12.9. The van der Waals surface area contributed by atoms with E-state index < -0.39 is 10.9 Å². The van der Waals surface area contributed by atoms with E-state index in [4.69, 9.17) is 9.47 Å². The Balaban J connectivity index is 1.63. The fraction of sp³-hybridized carbons (Fsp3) is 0.400. The van der Waals surface area contributed by atoms with Crippen LogP contribution < -0.4 is 4.74 Å². The van der Waals surface area contributed by atoms with Crippen molar-refractivity contribution in [2.24, 2.45) is 0 Å². The average Bonchev–Trinajstić information content (AvgIpc) is 3.10. The molecule has 168 valence electrons. The Hall–Kier alpha value is -3.19. The lowest BCUT2D eigenvalue weighted by molar-refractivity contribution is -0.385. The van der Waals surface area contributed by atoms with Crippen molar-refractivity contribution in [3.05, 3.63) is 80.6 Å². The van der Waals surface area contributed by atoms with Gasteiger partial charge < -0.3 is 14.4 Å². The molecule has 7 heteroatoms. The Morgan fingerprint density at radius 3 is 2.69 bits per heavy atom. The lowest BCUT2D eigenvalue weighted by atomic mass is 9.68. The van der Waals surface area contributed by atoms with Crippen LogP contribution in [-0.2, 0) is 10.2 Å². The summed E-state index contributed by atoms with van der Waals surface area (Å²) < 4.78 is 11.1. The highest BCUT2D eigenvalue weighted by Gasteiger charge is 2.49. The predicted octanol–water partition coefficient (Wildman–Crippen LogP) is 4.70. The second-order valence-electron chi connectivity index (χ2n) is 8.78. The Kier molecular flexibility index (Phi) is 5.77. The minimum absolute atomic E-state index is 0.0146. The SMILES string of the molecule is COc1ccc([C@@]23CC=C(OC(=O)c4c(C)cccc4[N+](=O)[O-])C[C@@H]2N(C)CC3)cc1C. The van der Waals surface area contributed by atoms with E-state index in [0.717, 1.165) is 30.7 Å². The monoisotopic (exact) mass is 436 g/mol. The number of hydrogen-bond acceptors (Lipinski definition) is 6. The van der Waals surface area contributed by atoms with Crippen LogP contribution in [-0.4, -0.2) is 42.5 Å². The number of fused-ring (bicyclic) bond motifs is 1. The first-order chi connectivity index (χ1) is 15.3. The second kappa shape index (κ2) is 8.39. The number of esters is 1. The first kappa shape index (κ1) is 22.0. The summed E-state index contributed by atoms with van der Waals surface area (Å²) in [5.41, 5.74) is 2.62. The highest BCUT2D eigenvalue weighted by molar-refractivity contribution is 5.96. The number of allylic oxidation sites excluding steroid dienone is 1. The first-order valence-electron chi connectivity index (χ1n) is 10.8. The van der Waals surface area contributed by atoms with Crippen LogP contribution in [0, 0.1) is 24.0 Å². The van der Waals surface area contributed by atoms with Crippen LogP contribution in [0.1, 0.15) is 46.3 Å². The molecule has 2 atom stereocenters. The van der Waals surface area contributed by atoms with Crippen molar-refractivity contribution in [2.75, 3.05) is 20.7 Å². The van der Waals surface area contributed by atoms with Gasteiger partial charge in [0.25, 0.3) is 5.69 Å². The number of methoxy groups -OCH3 is 1. The van der Waals surface area contributed by atoms with E-state index in [1.54, 1.807) is 26.2 Å². The second-order valence-corrected chi connectivity index (χ2v) is 8.78. The topological polar surface area (TPSA) is 81.9 Å². The molecule has 32 heavy (non-hydrogen) atoms. The molecule has 0 saturated carbocycles. The molecule has 4 rings (SSSR count). The molecule has 0 aromatic heterocycles. The van der Waals surface area contributed by atoms with Gasteiger partial charge >= 0.3 is 5.97 Å². The summed E-state index contributed by atoms with van der Waals surface area (Å²) >= 11 is 0. The molecule has 0 N–H and O–H groups in total. The fourth-order valence-corrected chi connectivity index (χ4v) is 5.25. The number of likely N-dealkylation sites (tertiary alicyclic amines) is 1. The Morgan fingerprint density at radius 1 is 1.22 bits per heavy atom. The van der Waals surface area contributed by atoms with Crippen LogP contribution in [0.5, 0.6) is 5.75 Å². The molecule has 0 spiro atoms. The van der Waals surface area contributed by atoms with Crippen LogP contribution in [0.2, 0.25) is 0 Å². The lowest BCUT2D eigenvalue weighted by Gasteiger charge is -2.40. The summed E-state index contributed by atoms with van der Waals surface area (Å²) in [6, 6.07) is 11.1. The van der Waals surface area contributed by atoms with Gasteiger partial charge in [-0.3, -0.25) is 10.1 Å². The summed E-state index contributed by atoms with van der Waals surface area (Å²) in [4.78, 5) is 26.1. The number of nitrogens with zero attached hydrogens (tertiary/aromatic N) is 2. The van der Waals surface area contributed by atoms with E-state index in [1.807, 2.05) is 19.1 Å². The highest BCUT2D eigenvalue weighted by atomic mass is 16.6. The predicted molar refractivity (Wildman–Crippen MR) is 121 cm³/mol. The molecule has 1 fully saturated rings. The molecule has 1 heterocycles. The van der Waals surface area contributed by atoms with E-state index in [-0.39, 0.29) is 22.7 Å². The molecule has 2 aromatic carbocycles. The third-order valence-electron chi connectivity index (χ3n) is 7.01. The fourth-order valence-electron chi connectivity index (χ4n) is 5.25. The summed E-state index contributed by atoms with van der Waals surface area (Å²) in [6.07, 6.45) is 4.32. The molecule has 1 aliphatic carbocycles. The Morgan fingerprint density at radius 2 is 2.00 bits per heavy atom. The minimum atomic E-state index is -0.672. The molecule has 0 amide bonds. The van der Waals surface area contributed by atoms with Gasteiger partial charge in [0.2, 0.25) is 0 Å². The lowest BCUT2D eigenvalue weighted by Crippen LogP contribution is -2.43. The third-order valence-corrected chi connectivity index (χ3v) is 7.01. The van der Waals surface area contributed by atoms with Gasteiger partial charge in [-0.2, -0.15) is 0 Å².